The predicted molar refractivity (Wildman–Crippen MR) is 73.4 cm³/mol. The molecule has 0 spiro atoms. The Kier molecular flexibility index (Phi) is 5.61. The molecule has 0 radical (unpaired) electrons. The molecule has 1 fully saturated rings. The Labute approximate surface area is 115 Å². The van der Waals surface area contributed by atoms with Crippen molar-refractivity contribution >= 4 is 7.60 Å². The van der Waals surface area contributed by atoms with Crippen LogP contribution in [0.3, 0.4) is 0 Å². The molecule has 1 aliphatic rings. The summed E-state index contributed by atoms with van der Waals surface area (Å²) in [6, 6.07) is 0. The van der Waals surface area contributed by atoms with Crippen LogP contribution in [-0.2, 0) is 4.57 Å². The highest BCUT2D eigenvalue weighted by atomic mass is 31.2. The average molecular weight is 294 g/mol. The molecule has 0 aliphatic heterocycles. The van der Waals surface area contributed by atoms with Crippen molar-refractivity contribution in [1.82, 2.24) is 0 Å². The molecule has 0 heterocycles. The van der Waals surface area contributed by atoms with Crippen LogP contribution in [0.4, 0.5) is 0 Å². The second-order valence-corrected chi connectivity index (χ2v) is 8.33. The van der Waals surface area contributed by atoms with Gasteiger partial charge in [-0.15, -0.1) is 0 Å². The summed E-state index contributed by atoms with van der Waals surface area (Å²) in [6.45, 7) is 7.63. The molecule has 6 heteroatoms. The first-order valence-corrected chi connectivity index (χ1v) is 8.65. The van der Waals surface area contributed by atoms with Crippen molar-refractivity contribution in [3.63, 3.8) is 0 Å². The van der Waals surface area contributed by atoms with Crippen molar-refractivity contribution in [1.29, 1.82) is 0 Å². The van der Waals surface area contributed by atoms with E-state index >= 15 is 0 Å². The lowest BCUT2D eigenvalue weighted by atomic mass is 9.65. The average Bonchev–Trinajstić information content (AvgIpc) is 2.24. The molecule has 114 valence electrons. The topological polar surface area (TPSA) is 98.0 Å². The molecular formula is C13H27O5P. The van der Waals surface area contributed by atoms with Gasteiger partial charge < -0.3 is 20.0 Å². The number of hydrogen-bond donors (Lipinski definition) is 4. The van der Waals surface area contributed by atoms with Gasteiger partial charge in [0.05, 0.1) is 5.66 Å². The Hall–Kier alpha value is 0.0700. The first kappa shape index (κ1) is 17.1. The summed E-state index contributed by atoms with van der Waals surface area (Å²) in [5.74, 6) is -0.311. The minimum Gasteiger partial charge on any atom is -0.368 e. The van der Waals surface area contributed by atoms with Crippen molar-refractivity contribution in [2.45, 2.75) is 52.5 Å². The molecule has 0 amide bonds. The maximum Gasteiger partial charge on any atom is 0.328 e. The first-order chi connectivity index (χ1) is 8.55. The van der Waals surface area contributed by atoms with Crippen molar-refractivity contribution in [2.24, 2.45) is 29.6 Å². The molecule has 4 N–H and O–H groups in total. The van der Waals surface area contributed by atoms with Crippen LogP contribution in [0.2, 0.25) is 0 Å². The van der Waals surface area contributed by atoms with E-state index < -0.39 is 19.5 Å². The van der Waals surface area contributed by atoms with Crippen LogP contribution < -0.4 is 0 Å². The predicted octanol–water partition coefficient (Wildman–Crippen LogP) is 1.80. The van der Waals surface area contributed by atoms with Crippen LogP contribution in [0.1, 0.15) is 40.5 Å². The van der Waals surface area contributed by atoms with Gasteiger partial charge in [0, 0.05) is 5.92 Å². The van der Waals surface area contributed by atoms with Crippen LogP contribution >= 0.6 is 7.60 Å². The van der Waals surface area contributed by atoms with Gasteiger partial charge in [0.15, 0.2) is 6.29 Å². The van der Waals surface area contributed by atoms with Crippen molar-refractivity contribution in [3.05, 3.63) is 0 Å². The Morgan fingerprint density at radius 2 is 1.63 bits per heavy atom. The third-order valence-corrected chi connectivity index (χ3v) is 6.02. The van der Waals surface area contributed by atoms with Crippen LogP contribution in [0.15, 0.2) is 0 Å². The van der Waals surface area contributed by atoms with Gasteiger partial charge in [0.25, 0.3) is 0 Å². The highest BCUT2D eigenvalue weighted by Gasteiger charge is 2.48. The molecule has 0 bridgehead atoms. The molecular weight excluding hydrogens is 267 g/mol. The lowest BCUT2D eigenvalue weighted by Gasteiger charge is -2.46. The summed E-state index contributed by atoms with van der Waals surface area (Å²) in [4.78, 5) is 19.2. The van der Waals surface area contributed by atoms with Crippen LogP contribution in [-0.4, -0.2) is 31.9 Å². The van der Waals surface area contributed by atoms with Gasteiger partial charge in [-0.25, -0.2) is 0 Å². The lowest BCUT2D eigenvalue weighted by Crippen LogP contribution is -2.44. The van der Waals surface area contributed by atoms with E-state index in [-0.39, 0.29) is 29.6 Å². The lowest BCUT2D eigenvalue weighted by molar-refractivity contribution is -0.112. The van der Waals surface area contributed by atoms with Gasteiger partial charge >= 0.3 is 7.60 Å². The third-order valence-electron chi connectivity index (χ3n) is 4.60. The van der Waals surface area contributed by atoms with E-state index in [1.165, 1.54) is 0 Å². The number of aliphatic hydroxyl groups excluding tert-OH is 1. The Morgan fingerprint density at radius 1 is 1.11 bits per heavy atom. The second-order valence-electron chi connectivity index (χ2n) is 6.49. The van der Waals surface area contributed by atoms with Gasteiger partial charge in [-0.05, 0) is 36.5 Å². The minimum absolute atomic E-state index is 0.0682. The summed E-state index contributed by atoms with van der Waals surface area (Å²) >= 11 is 0. The van der Waals surface area contributed by atoms with E-state index in [2.05, 4.69) is 0 Å². The van der Waals surface area contributed by atoms with E-state index in [4.69, 9.17) is 0 Å². The summed E-state index contributed by atoms with van der Waals surface area (Å²) in [5, 5.41) is 18.8. The Morgan fingerprint density at radius 3 is 2.00 bits per heavy atom. The van der Waals surface area contributed by atoms with E-state index in [1.54, 1.807) is 6.92 Å². The molecule has 0 aromatic rings. The van der Waals surface area contributed by atoms with E-state index in [1.807, 2.05) is 20.8 Å². The molecule has 0 aromatic carbocycles. The zero-order chi connectivity index (χ0) is 15.0. The zero-order valence-corrected chi connectivity index (χ0v) is 13.0. The maximum absolute atomic E-state index is 11.8. The fourth-order valence-corrected chi connectivity index (χ4v) is 5.31. The number of rotatable bonds is 4. The van der Waals surface area contributed by atoms with Crippen molar-refractivity contribution in [3.8, 4) is 0 Å². The Bertz CT molecular complexity index is 338. The summed E-state index contributed by atoms with van der Waals surface area (Å²) < 4.78 is 11.8. The monoisotopic (exact) mass is 294 g/mol. The highest BCUT2D eigenvalue weighted by molar-refractivity contribution is 7.52. The molecule has 1 saturated carbocycles. The number of hydrogen-bond acceptors (Lipinski definition) is 3. The van der Waals surface area contributed by atoms with Gasteiger partial charge in [-0.2, -0.15) is 0 Å². The van der Waals surface area contributed by atoms with E-state index in [0.717, 1.165) is 6.42 Å². The van der Waals surface area contributed by atoms with Crippen LogP contribution in [0, 0.1) is 29.6 Å². The summed E-state index contributed by atoms with van der Waals surface area (Å²) in [5.41, 5.74) is -0.664. The van der Waals surface area contributed by atoms with Crippen molar-refractivity contribution in [2.75, 3.05) is 0 Å². The molecule has 19 heavy (non-hydrogen) atoms. The maximum atomic E-state index is 11.8. The second kappa shape index (κ2) is 6.23. The quantitative estimate of drug-likeness (QED) is 0.468. The van der Waals surface area contributed by atoms with Gasteiger partial charge in [-0.3, -0.25) is 4.57 Å². The molecule has 3 unspecified atom stereocenters. The minimum atomic E-state index is -4.16. The normalized spacial score (nSPS) is 34.8. The fourth-order valence-electron chi connectivity index (χ4n) is 3.66. The first-order valence-electron chi connectivity index (χ1n) is 6.97. The van der Waals surface area contributed by atoms with Crippen LogP contribution in [0.25, 0.3) is 0 Å². The molecule has 0 aromatic heterocycles. The fraction of sp³-hybridized carbons (Fsp3) is 1.00. The molecule has 0 saturated heterocycles. The van der Waals surface area contributed by atoms with Gasteiger partial charge in [0.2, 0.25) is 0 Å². The SMILES string of the molecule is CC(C(O)O)C1C[C@@H](C)CC(P(=O)(O)O)[C@@H]1C(C)C. The van der Waals surface area contributed by atoms with Gasteiger partial charge in [-0.1, -0.05) is 27.7 Å². The van der Waals surface area contributed by atoms with E-state index in [0.29, 0.717) is 6.42 Å². The third kappa shape index (κ3) is 4.02. The Balaban J connectivity index is 3.10. The number of aliphatic hydroxyl groups is 2. The van der Waals surface area contributed by atoms with Gasteiger partial charge in [0.1, 0.15) is 0 Å². The van der Waals surface area contributed by atoms with Crippen molar-refractivity contribution < 1.29 is 24.6 Å². The molecule has 5 nitrogen and oxygen atoms in total. The molecule has 1 aliphatic carbocycles. The zero-order valence-electron chi connectivity index (χ0n) is 12.1. The largest absolute Gasteiger partial charge is 0.368 e. The van der Waals surface area contributed by atoms with Crippen LogP contribution in [0.5, 0.6) is 0 Å². The molecule has 5 atom stereocenters. The summed E-state index contributed by atoms with van der Waals surface area (Å²) in [6.07, 6.45) is -0.135. The smallest absolute Gasteiger partial charge is 0.328 e. The summed E-state index contributed by atoms with van der Waals surface area (Å²) in [7, 11) is -4.16. The highest BCUT2D eigenvalue weighted by Crippen LogP contribution is 2.56. The molecule has 1 rings (SSSR count). The van der Waals surface area contributed by atoms with E-state index in [9.17, 15) is 24.6 Å². The standard InChI is InChI=1S/C13H27O5P/c1-7(2)12-10(9(4)13(14)15)5-8(3)6-11(12)19(16,17)18/h7-15H,5-6H2,1-4H3,(H2,16,17,18)/t8-,9?,10?,11?,12-/m1/s1.